The average Bonchev–Trinajstić information content (AvgIpc) is 2.26. The number of rotatable bonds is 5. The first-order valence-corrected chi connectivity index (χ1v) is 5.22. The van der Waals surface area contributed by atoms with Crippen LogP contribution in [0.5, 0.6) is 5.75 Å². The van der Waals surface area contributed by atoms with Crippen LogP contribution in [-0.2, 0) is 0 Å². The van der Waals surface area contributed by atoms with Gasteiger partial charge in [0, 0.05) is 12.1 Å². The van der Waals surface area contributed by atoms with E-state index in [1.807, 2.05) is 0 Å². The summed E-state index contributed by atoms with van der Waals surface area (Å²) in [6.07, 6.45) is -0.769. The molecule has 0 radical (unpaired) electrons. The van der Waals surface area contributed by atoms with Gasteiger partial charge >= 0.3 is 0 Å². The van der Waals surface area contributed by atoms with Gasteiger partial charge in [-0.2, -0.15) is 0 Å². The minimum atomic E-state index is -0.769. The highest BCUT2D eigenvalue weighted by Gasteiger charge is 2.15. The lowest BCUT2D eigenvalue weighted by Gasteiger charge is -2.12. The monoisotopic (exact) mass is 240 g/mol. The molecule has 0 saturated carbocycles. The average molecular weight is 240 g/mol. The van der Waals surface area contributed by atoms with Crippen molar-refractivity contribution in [1.29, 1.82) is 0 Å². The van der Waals surface area contributed by atoms with Crippen LogP contribution in [0.4, 0.5) is 5.69 Å². The van der Waals surface area contributed by atoms with Crippen molar-refractivity contribution in [2.75, 3.05) is 13.2 Å². The molecule has 0 aliphatic carbocycles. The molecule has 0 amide bonds. The SMILES string of the molecule is Cc1cc(C)c([N+](=O)[O-])cc1OCC(O)CN. The maximum Gasteiger partial charge on any atom is 0.276 e. The Balaban J connectivity index is 2.92. The van der Waals surface area contributed by atoms with Crippen LogP contribution in [0.1, 0.15) is 11.1 Å². The molecular formula is C11H16N2O4. The standard InChI is InChI=1S/C11H16N2O4/c1-7-3-8(2)11(4-10(7)13(15)16)17-6-9(14)5-12/h3-4,9,14H,5-6,12H2,1-2H3. The van der Waals surface area contributed by atoms with Gasteiger partial charge in [0.1, 0.15) is 18.5 Å². The lowest BCUT2D eigenvalue weighted by molar-refractivity contribution is -0.385. The Labute approximate surface area is 99.2 Å². The molecule has 6 heteroatoms. The smallest absolute Gasteiger partial charge is 0.276 e. The van der Waals surface area contributed by atoms with Crippen LogP contribution < -0.4 is 10.5 Å². The highest BCUT2D eigenvalue weighted by Crippen LogP contribution is 2.28. The second kappa shape index (κ2) is 5.60. The normalized spacial score (nSPS) is 12.2. The summed E-state index contributed by atoms with van der Waals surface area (Å²) in [6.45, 7) is 3.58. The largest absolute Gasteiger partial charge is 0.490 e. The van der Waals surface area contributed by atoms with Gasteiger partial charge in [0.15, 0.2) is 0 Å². The molecule has 6 nitrogen and oxygen atoms in total. The van der Waals surface area contributed by atoms with Crippen molar-refractivity contribution in [1.82, 2.24) is 0 Å². The van der Waals surface area contributed by atoms with Gasteiger partial charge in [-0.05, 0) is 25.5 Å². The van der Waals surface area contributed by atoms with Crippen LogP contribution in [0, 0.1) is 24.0 Å². The van der Waals surface area contributed by atoms with Crippen LogP contribution in [0.3, 0.4) is 0 Å². The van der Waals surface area contributed by atoms with Crippen LogP contribution in [0.15, 0.2) is 12.1 Å². The van der Waals surface area contributed by atoms with Crippen LogP contribution in [-0.4, -0.2) is 29.3 Å². The van der Waals surface area contributed by atoms with Crippen molar-refractivity contribution in [3.05, 3.63) is 33.4 Å². The maximum atomic E-state index is 10.8. The Morgan fingerprint density at radius 2 is 2.12 bits per heavy atom. The minimum absolute atomic E-state index is 0.00726. The van der Waals surface area contributed by atoms with Gasteiger partial charge in [0.2, 0.25) is 0 Å². The molecule has 0 fully saturated rings. The summed E-state index contributed by atoms with van der Waals surface area (Å²) in [5.41, 5.74) is 6.62. The molecule has 0 saturated heterocycles. The number of nitro groups is 1. The number of nitro benzene ring substituents is 1. The first kappa shape index (κ1) is 13.4. The summed E-state index contributed by atoms with van der Waals surface area (Å²) in [7, 11) is 0. The molecule has 94 valence electrons. The summed E-state index contributed by atoms with van der Waals surface area (Å²) in [5.74, 6) is 0.398. The number of nitrogens with zero attached hydrogens (tertiary/aromatic N) is 1. The fourth-order valence-corrected chi connectivity index (χ4v) is 1.43. The quantitative estimate of drug-likeness (QED) is 0.588. The number of hydrogen-bond donors (Lipinski definition) is 2. The zero-order valence-electron chi connectivity index (χ0n) is 9.84. The Hall–Kier alpha value is -1.66. The van der Waals surface area contributed by atoms with E-state index in [2.05, 4.69) is 0 Å². The molecule has 17 heavy (non-hydrogen) atoms. The molecule has 0 aromatic heterocycles. The highest BCUT2D eigenvalue weighted by molar-refractivity contribution is 5.49. The van der Waals surface area contributed by atoms with Gasteiger partial charge in [-0.25, -0.2) is 0 Å². The van der Waals surface area contributed by atoms with Crippen LogP contribution in [0.2, 0.25) is 0 Å². The third-order valence-electron chi connectivity index (χ3n) is 2.39. The van der Waals surface area contributed by atoms with Gasteiger partial charge in [0.25, 0.3) is 5.69 Å². The van der Waals surface area contributed by atoms with Gasteiger partial charge in [-0.1, -0.05) is 0 Å². The first-order valence-electron chi connectivity index (χ1n) is 5.22. The molecule has 1 aromatic rings. The lowest BCUT2D eigenvalue weighted by atomic mass is 10.1. The Bertz CT molecular complexity index is 420. The third kappa shape index (κ3) is 3.40. The molecule has 3 N–H and O–H groups in total. The Morgan fingerprint density at radius 1 is 1.47 bits per heavy atom. The number of benzene rings is 1. The van der Waals surface area contributed by atoms with Crippen molar-refractivity contribution in [3.63, 3.8) is 0 Å². The fraction of sp³-hybridized carbons (Fsp3) is 0.455. The topological polar surface area (TPSA) is 98.6 Å². The Morgan fingerprint density at radius 3 is 2.65 bits per heavy atom. The van der Waals surface area contributed by atoms with Crippen molar-refractivity contribution in [3.8, 4) is 5.75 Å². The second-order valence-electron chi connectivity index (χ2n) is 3.86. The molecule has 1 unspecified atom stereocenters. The van der Waals surface area contributed by atoms with E-state index in [1.54, 1.807) is 19.9 Å². The summed E-state index contributed by atoms with van der Waals surface area (Å²) < 4.78 is 5.30. The van der Waals surface area contributed by atoms with Crippen LogP contribution in [0.25, 0.3) is 0 Å². The molecule has 1 atom stereocenters. The van der Waals surface area contributed by atoms with Crippen LogP contribution >= 0.6 is 0 Å². The molecule has 0 aliphatic rings. The van der Waals surface area contributed by atoms with Gasteiger partial charge in [-0.3, -0.25) is 10.1 Å². The molecule has 0 aliphatic heterocycles. The minimum Gasteiger partial charge on any atom is -0.490 e. The number of aliphatic hydroxyl groups is 1. The van der Waals surface area contributed by atoms with E-state index >= 15 is 0 Å². The summed E-state index contributed by atoms with van der Waals surface area (Å²) in [6, 6.07) is 3.05. The van der Waals surface area contributed by atoms with Gasteiger partial charge in [0.05, 0.1) is 11.0 Å². The zero-order valence-corrected chi connectivity index (χ0v) is 9.84. The van der Waals surface area contributed by atoms with Crippen molar-refractivity contribution in [2.24, 2.45) is 5.73 Å². The lowest BCUT2D eigenvalue weighted by Crippen LogP contribution is -2.26. The van der Waals surface area contributed by atoms with E-state index in [0.717, 1.165) is 5.56 Å². The van der Waals surface area contributed by atoms with Crippen molar-refractivity contribution >= 4 is 5.69 Å². The van der Waals surface area contributed by atoms with E-state index < -0.39 is 11.0 Å². The van der Waals surface area contributed by atoms with E-state index in [1.165, 1.54) is 6.07 Å². The first-order chi connectivity index (χ1) is 7.95. The summed E-state index contributed by atoms with van der Waals surface area (Å²) >= 11 is 0. The number of aryl methyl sites for hydroxylation is 2. The number of hydrogen-bond acceptors (Lipinski definition) is 5. The number of aliphatic hydroxyl groups excluding tert-OH is 1. The predicted molar refractivity (Wildman–Crippen MR) is 63.1 cm³/mol. The predicted octanol–water partition coefficient (Wildman–Crippen LogP) is 0.910. The zero-order chi connectivity index (χ0) is 13.0. The van der Waals surface area contributed by atoms with Gasteiger partial charge in [-0.15, -0.1) is 0 Å². The van der Waals surface area contributed by atoms with Crippen molar-refractivity contribution < 1.29 is 14.8 Å². The highest BCUT2D eigenvalue weighted by atomic mass is 16.6. The third-order valence-corrected chi connectivity index (χ3v) is 2.39. The fourth-order valence-electron chi connectivity index (χ4n) is 1.43. The van der Waals surface area contributed by atoms with Gasteiger partial charge < -0.3 is 15.6 Å². The summed E-state index contributed by atoms with van der Waals surface area (Å²) in [5, 5.41) is 20.0. The molecule has 1 rings (SSSR count). The molecule has 0 spiro atoms. The van der Waals surface area contributed by atoms with E-state index in [9.17, 15) is 15.2 Å². The van der Waals surface area contributed by atoms with E-state index in [-0.39, 0.29) is 18.8 Å². The number of nitrogens with two attached hydrogens (primary N) is 1. The molecular weight excluding hydrogens is 224 g/mol. The second-order valence-corrected chi connectivity index (χ2v) is 3.86. The molecule has 0 bridgehead atoms. The number of ether oxygens (including phenoxy) is 1. The van der Waals surface area contributed by atoms with E-state index in [0.29, 0.717) is 11.3 Å². The van der Waals surface area contributed by atoms with E-state index in [4.69, 9.17) is 10.5 Å². The maximum absolute atomic E-state index is 10.8. The summed E-state index contributed by atoms with van der Waals surface area (Å²) in [4.78, 5) is 10.3. The Kier molecular flexibility index (Phi) is 4.42. The molecule has 0 heterocycles. The molecule has 1 aromatic carbocycles. The van der Waals surface area contributed by atoms with Crippen molar-refractivity contribution in [2.45, 2.75) is 20.0 Å².